The molecule has 4 nitrogen and oxygen atoms in total. The van der Waals surface area contributed by atoms with Crippen molar-refractivity contribution in [2.75, 3.05) is 24.1 Å². The van der Waals surface area contributed by atoms with Crippen LogP contribution < -0.4 is 4.31 Å². The van der Waals surface area contributed by atoms with Crippen LogP contribution in [-0.4, -0.2) is 28.2 Å². The van der Waals surface area contributed by atoms with Crippen molar-refractivity contribution in [2.24, 2.45) is 5.41 Å². The minimum atomic E-state index is -3.25. The van der Waals surface area contributed by atoms with Crippen molar-refractivity contribution in [3.63, 3.8) is 0 Å². The molecule has 2 aliphatic heterocycles. The van der Waals surface area contributed by atoms with Crippen molar-refractivity contribution in [2.45, 2.75) is 12.7 Å². The number of anilines is 1. The number of fused-ring (bicyclic) bond motifs is 1. The van der Waals surface area contributed by atoms with Gasteiger partial charge in [0.1, 0.15) is 0 Å². The maximum atomic E-state index is 12.2. The van der Waals surface area contributed by atoms with Gasteiger partial charge in [-0.1, -0.05) is 18.5 Å². The van der Waals surface area contributed by atoms with Crippen LogP contribution >= 0.6 is 11.6 Å². The molecule has 1 aromatic carbocycles. The molecule has 3 rings (SSSR count). The molecular formula is C12H14ClNO3S. The molecule has 2 heterocycles. The minimum absolute atomic E-state index is 0.0415. The Hall–Kier alpha value is -0.780. The maximum absolute atomic E-state index is 12.2. The Labute approximate surface area is 112 Å². The van der Waals surface area contributed by atoms with Crippen LogP contribution in [0.4, 0.5) is 5.69 Å². The van der Waals surface area contributed by atoms with E-state index in [4.69, 9.17) is 16.3 Å². The van der Waals surface area contributed by atoms with E-state index < -0.39 is 10.0 Å². The molecule has 1 aromatic rings. The van der Waals surface area contributed by atoms with E-state index in [1.165, 1.54) is 4.31 Å². The zero-order valence-electron chi connectivity index (χ0n) is 10.0. The van der Waals surface area contributed by atoms with E-state index in [2.05, 4.69) is 0 Å². The molecule has 98 valence electrons. The summed E-state index contributed by atoms with van der Waals surface area (Å²) in [7, 11) is -3.25. The van der Waals surface area contributed by atoms with Crippen molar-refractivity contribution < 1.29 is 13.2 Å². The summed E-state index contributed by atoms with van der Waals surface area (Å²) < 4.78 is 31.1. The number of nitrogens with zero attached hydrogens (tertiary/aromatic N) is 1. The van der Waals surface area contributed by atoms with Crippen molar-refractivity contribution in [3.8, 4) is 0 Å². The Morgan fingerprint density at radius 1 is 1.44 bits per heavy atom. The molecule has 1 fully saturated rings. The molecule has 0 amide bonds. The summed E-state index contributed by atoms with van der Waals surface area (Å²) in [5.74, 6) is 0.0415. The highest BCUT2D eigenvalue weighted by atomic mass is 35.5. The van der Waals surface area contributed by atoms with Crippen LogP contribution in [0.1, 0.15) is 12.5 Å². The zero-order valence-corrected chi connectivity index (χ0v) is 11.6. The number of benzene rings is 1. The van der Waals surface area contributed by atoms with Gasteiger partial charge in [0, 0.05) is 17.0 Å². The van der Waals surface area contributed by atoms with Crippen LogP contribution in [0.25, 0.3) is 0 Å². The van der Waals surface area contributed by atoms with Gasteiger partial charge < -0.3 is 4.74 Å². The molecule has 1 saturated heterocycles. The van der Waals surface area contributed by atoms with Crippen LogP contribution in [0.3, 0.4) is 0 Å². The second-order valence-corrected chi connectivity index (χ2v) is 7.67. The molecule has 6 heteroatoms. The first kappa shape index (κ1) is 12.3. The molecule has 2 aliphatic rings. The number of sulfonamides is 1. The first-order chi connectivity index (χ1) is 8.40. The van der Waals surface area contributed by atoms with Crippen molar-refractivity contribution >= 4 is 27.3 Å². The Balaban J connectivity index is 1.98. The maximum Gasteiger partial charge on any atom is 0.239 e. The van der Waals surface area contributed by atoms with E-state index >= 15 is 0 Å². The second kappa shape index (κ2) is 3.85. The highest BCUT2D eigenvalue weighted by Crippen LogP contribution is 2.39. The van der Waals surface area contributed by atoms with Crippen molar-refractivity contribution in [1.82, 2.24) is 0 Å². The monoisotopic (exact) mass is 287 g/mol. The topological polar surface area (TPSA) is 46.6 Å². The highest BCUT2D eigenvalue weighted by Gasteiger charge is 2.42. The number of halogens is 1. The number of hydrogen-bond acceptors (Lipinski definition) is 3. The molecule has 0 spiro atoms. The van der Waals surface area contributed by atoms with Gasteiger partial charge in [-0.2, -0.15) is 0 Å². The van der Waals surface area contributed by atoms with Gasteiger partial charge in [0.15, 0.2) is 0 Å². The SMILES string of the molecule is CC1(CN2c3ccc(Cl)cc3CS2(=O)=O)COC1. The third kappa shape index (κ3) is 1.90. The Bertz CT molecular complexity index is 595. The van der Waals surface area contributed by atoms with E-state index in [0.29, 0.717) is 24.8 Å². The number of ether oxygens (including phenoxy) is 1. The number of rotatable bonds is 2. The molecule has 0 aliphatic carbocycles. The summed E-state index contributed by atoms with van der Waals surface area (Å²) in [6, 6.07) is 5.24. The van der Waals surface area contributed by atoms with Gasteiger partial charge in [0.05, 0.1) is 24.7 Å². The zero-order chi connectivity index (χ0) is 13.0. The van der Waals surface area contributed by atoms with Gasteiger partial charge in [-0.3, -0.25) is 4.31 Å². The summed E-state index contributed by atoms with van der Waals surface area (Å²) in [4.78, 5) is 0. The Kier molecular flexibility index (Phi) is 2.63. The molecule has 0 atom stereocenters. The van der Waals surface area contributed by atoms with Crippen molar-refractivity contribution in [1.29, 1.82) is 0 Å². The second-order valence-electron chi connectivity index (χ2n) is 5.34. The highest BCUT2D eigenvalue weighted by molar-refractivity contribution is 7.92. The molecule has 0 unspecified atom stereocenters. The summed E-state index contributed by atoms with van der Waals surface area (Å²) in [5.41, 5.74) is 1.47. The first-order valence-corrected chi connectivity index (χ1v) is 7.75. The molecule has 0 N–H and O–H groups in total. The lowest BCUT2D eigenvalue weighted by Gasteiger charge is -2.40. The fraction of sp³-hybridized carbons (Fsp3) is 0.500. The lowest BCUT2D eigenvalue weighted by atomic mass is 9.88. The predicted molar refractivity (Wildman–Crippen MR) is 70.3 cm³/mol. The first-order valence-electron chi connectivity index (χ1n) is 5.76. The third-order valence-corrected chi connectivity index (χ3v) is 5.32. The average Bonchev–Trinajstić information content (AvgIpc) is 2.47. The molecule has 0 aromatic heterocycles. The lowest BCUT2D eigenvalue weighted by molar-refractivity contribution is -0.0940. The molecule has 0 radical (unpaired) electrons. The largest absolute Gasteiger partial charge is 0.380 e. The summed E-state index contributed by atoms with van der Waals surface area (Å²) in [6.45, 7) is 3.74. The minimum Gasteiger partial charge on any atom is -0.380 e. The lowest BCUT2D eigenvalue weighted by Crippen LogP contribution is -2.49. The van der Waals surface area contributed by atoms with E-state index in [1.807, 2.05) is 6.92 Å². The molecule has 18 heavy (non-hydrogen) atoms. The Morgan fingerprint density at radius 3 is 2.78 bits per heavy atom. The third-order valence-electron chi connectivity index (χ3n) is 3.41. The summed E-state index contributed by atoms with van der Waals surface area (Å²) in [6.07, 6.45) is 0. The van der Waals surface area contributed by atoms with E-state index in [9.17, 15) is 8.42 Å². The fourth-order valence-electron chi connectivity index (χ4n) is 2.41. The van der Waals surface area contributed by atoms with Gasteiger partial charge in [0.2, 0.25) is 10.0 Å². The quantitative estimate of drug-likeness (QED) is 0.836. The van der Waals surface area contributed by atoms with Crippen LogP contribution in [-0.2, 0) is 20.5 Å². The van der Waals surface area contributed by atoms with Crippen LogP contribution in [0, 0.1) is 5.41 Å². The van der Waals surface area contributed by atoms with Crippen molar-refractivity contribution in [3.05, 3.63) is 28.8 Å². The standard InChI is InChI=1S/C12H14ClNO3S/c1-12(7-17-8-12)6-14-11-3-2-10(13)4-9(11)5-18(14,15)16/h2-4H,5-8H2,1H3. The van der Waals surface area contributed by atoms with E-state index in [1.54, 1.807) is 18.2 Å². The van der Waals surface area contributed by atoms with Gasteiger partial charge >= 0.3 is 0 Å². The van der Waals surface area contributed by atoms with Gasteiger partial charge in [-0.15, -0.1) is 0 Å². The predicted octanol–water partition coefficient (Wildman–Crippen LogP) is 2.03. The van der Waals surface area contributed by atoms with Crippen LogP contribution in [0.15, 0.2) is 18.2 Å². The summed E-state index contributed by atoms with van der Waals surface area (Å²) >= 11 is 5.90. The molecular weight excluding hydrogens is 274 g/mol. The average molecular weight is 288 g/mol. The van der Waals surface area contributed by atoms with E-state index in [-0.39, 0.29) is 11.2 Å². The van der Waals surface area contributed by atoms with Crippen LogP contribution in [0.5, 0.6) is 0 Å². The smallest absolute Gasteiger partial charge is 0.239 e. The van der Waals surface area contributed by atoms with Gasteiger partial charge in [0.25, 0.3) is 0 Å². The Morgan fingerprint density at radius 2 is 2.17 bits per heavy atom. The normalized spacial score (nSPS) is 23.6. The van der Waals surface area contributed by atoms with Gasteiger partial charge in [-0.05, 0) is 23.8 Å². The van der Waals surface area contributed by atoms with E-state index in [0.717, 1.165) is 11.3 Å². The van der Waals surface area contributed by atoms with Crippen LogP contribution in [0.2, 0.25) is 5.02 Å². The fourth-order valence-corrected chi connectivity index (χ4v) is 4.37. The summed E-state index contributed by atoms with van der Waals surface area (Å²) in [5, 5.41) is 0.573. The van der Waals surface area contributed by atoms with Gasteiger partial charge in [-0.25, -0.2) is 8.42 Å². The molecule has 0 bridgehead atoms. The number of hydrogen-bond donors (Lipinski definition) is 0. The molecule has 0 saturated carbocycles.